The number of nitrogens with one attached hydrogen (secondary N) is 1. The van der Waals surface area contributed by atoms with E-state index in [-0.39, 0.29) is 18.6 Å². The number of aliphatic hydroxyl groups is 3. The molecule has 0 spiro atoms. The first-order valence-electron chi connectivity index (χ1n) is 7.40. The fraction of sp³-hybridized carbons (Fsp3) is 0.929. The highest BCUT2D eigenvalue weighted by atomic mass is 16.5. The van der Waals surface area contributed by atoms with Gasteiger partial charge in [-0.05, 0) is 6.42 Å². The molecule has 1 rings (SSSR count). The summed E-state index contributed by atoms with van der Waals surface area (Å²) in [5.74, 6) is -0.272. The predicted octanol–water partition coefficient (Wildman–Crippen LogP) is -0.0570. The lowest BCUT2D eigenvalue weighted by molar-refractivity contribution is -0.196. The van der Waals surface area contributed by atoms with Crippen molar-refractivity contribution in [2.75, 3.05) is 6.61 Å². The van der Waals surface area contributed by atoms with E-state index in [4.69, 9.17) is 4.74 Å². The third-order valence-electron chi connectivity index (χ3n) is 3.74. The van der Waals surface area contributed by atoms with Gasteiger partial charge in [-0.1, -0.05) is 32.6 Å². The van der Waals surface area contributed by atoms with Crippen LogP contribution in [0.25, 0.3) is 0 Å². The highest BCUT2D eigenvalue weighted by molar-refractivity contribution is 5.73. The summed E-state index contributed by atoms with van der Waals surface area (Å²) >= 11 is 0. The van der Waals surface area contributed by atoms with E-state index < -0.39 is 24.4 Å². The summed E-state index contributed by atoms with van der Waals surface area (Å²) in [6, 6.07) is -0.632. The Labute approximate surface area is 120 Å². The molecule has 20 heavy (non-hydrogen) atoms. The Morgan fingerprint density at radius 1 is 1.15 bits per heavy atom. The molecule has 0 aliphatic carbocycles. The topological polar surface area (TPSA) is 99.0 Å². The third kappa shape index (κ3) is 4.70. The number of hydrogen-bond donors (Lipinski definition) is 4. The van der Waals surface area contributed by atoms with E-state index >= 15 is 0 Å². The van der Waals surface area contributed by atoms with Gasteiger partial charge in [0.15, 0.2) is 0 Å². The summed E-state index contributed by atoms with van der Waals surface area (Å²) in [5.41, 5.74) is 0. The first kappa shape index (κ1) is 17.4. The molecule has 6 nitrogen and oxygen atoms in total. The number of aliphatic hydroxyl groups excluding tert-OH is 3. The van der Waals surface area contributed by atoms with Crippen LogP contribution in [0.5, 0.6) is 0 Å². The maximum Gasteiger partial charge on any atom is 0.217 e. The van der Waals surface area contributed by atoms with Crippen LogP contribution in [0.2, 0.25) is 0 Å². The molecule has 5 atom stereocenters. The van der Waals surface area contributed by atoms with E-state index in [9.17, 15) is 20.1 Å². The molecule has 1 aliphatic heterocycles. The van der Waals surface area contributed by atoms with Gasteiger partial charge in [-0.2, -0.15) is 0 Å². The minimum Gasteiger partial charge on any atom is -0.394 e. The van der Waals surface area contributed by atoms with Gasteiger partial charge in [0.25, 0.3) is 0 Å². The van der Waals surface area contributed by atoms with Crippen LogP contribution in [0.1, 0.15) is 46.0 Å². The molecule has 0 bridgehead atoms. The molecule has 0 aromatic rings. The third-order valence-corrected chi connectivity index (χ3v) is 3.74. The molecule has 1 saturated heterocycles. The number of rotatable bonds is 7. The Morgan fingerprint density at radius 2 is 1.85 bits per heavy atom. The molecule has 0 saturated carbocycles. The molecule has 6 heteroatoms. The monoisotopic (exact) mass is 289 g/mol. The highest BCUT2D eigenvalue weighted by Crippen LogP contribution is 2.25. The van der Waals surface area contributed by atoms with Crippen molar-refractivity contribution in [3.63, 3.8) is 0 Å². The number of hydrogen-bond acceptors (Lipinski definition) is 5. The van der Waals surface area contributed by atoms with E-state index in [1.807, 2.05) is 0 Å². The minimum atomic E-state index is -1.19. The van der Waals surface area contributed by atoms with E-state index in [1.54, 1.807) is 0 Å². The van der Waals surface area contributed by atoms with Gasteiger partial charge in [0, 0.05) is 6.92 Å². The fourth-order valence-corrected chi connectivity index (χ4v) is 2.63. The summed E-state index contributed by atoms with van der Waals surface area (Å²) in [6.45, 7) is 3.14. The zero-order chi connectivity index (χ0) is 15.1. The summed E-state index contributed by atoms with van der Waals surface area (Å²) in [5, 5.41) is 31.8. The lowest BCUT2D eigenvalue weighted by Crippen LogP contribution is -2.63. The van der Waals surface area contributed by atoms with Crippen LogP contribution in [0.4, 0.5) is 0 Å². The second-order valence-electron chi connectivity index (χ2n) is 5.45. The fourth-order valence-electron chi connectivity index (χ4n) is 2.63. The number of carbonyl (C=O) groups is 1. The second-order valence-corrected chi connectivity index (χ2v) is 5.45. The maximum atomic E-state index is 11.2. The summed E-state index contributed by atoms with van der Waals surface area (Å²) in [7, 11) is 0. The molecule has 1 heterocycles. The van der Waals surface area contributed by atoms with Crippen molar-refractivity contribution in [3.8, 4) is 0 Å². The molecule has 118 valence electrons. The van der Waals surface area contributed by atoms with Gasteiger partial charge in [0.2, 0.25) is 5.91 Å². The predicted molar refractivity (Wildman–Crippen MR) is 74.1 cm³/mol. The van der Waals surface area contributed by atoms with Gasteiger partial charge in [-0.15, -0.1) is 0 Å². The van der Waals surface area contributed by atoms with Gasteiger partial charge >= 0.3 is 0 Å². The van der Waals surface area contributed by atoms with Crippen molar-refractivity contribution < 1.29 is 24.9 Å². The summed E-state index contributed by atoms with van der Waals surface area (Å²) < 4.78 is 5.64. The van der Waals surface area contributed by atoms with Gasteiger partial charge in [0.05, 0.1) is 18.8 Å². The Hall–Kier alpha value is -0.690. The largest absolute Gasteiger partial charge is 0.394 e. The molecular weight excluding hydrogens is 262 g/mol. The SMILES string of the molecule is CCCCCC[C@@H]1O[C@H](CO)[C@@H](O)[C@H](O)[C@@H]1NC(C)=O. The molecular formula is C14H27NO5. The van der Waals surface area contributed by atoms with Crippen LogP contribution in [-0.4, -0.2) is 58.3 Å². The molecule has 0 radical (unpaired) electrons. The van der Waals surface area contributed by atoms with Gasteiger partial charge in [-0.3, -0.25) is 4.79 Å². The van der Waals surface area contributed by atoms with Crippen molar-refractivity contribution in [2.24, 2.45) is 0 Å². The van der Waals surface area contributed by atoms with E-state index in [2.05, 4.69) is 12.2 Å². The quantitative estimate of drug-likeness (QED) is 0.492. The zero-order valence-corrected chi connectivity index (χ0v) is 12.3. The van der Waals surface area contributed by atoms with Crippen LogP contribution in [0.3, 0.4) is 0 Å². The summed E-state index contributed by atoms with van der Waals surface area (Å²) in [4.78, 5) is 11.2. The average Bonchev–Trinajstić information content (AvgIpc) is 2.41. The van der Waals surface area contributed by atoms with Crippen LogP contribution in [0.15, 0.2) is 0 Å². The molecule has 0 aromatic carbocycles. The van der Waals surface area contributed by atoms with Crippen LogP contribution >= 0.6 is 0 Å². The average molecular weight is 289 g/mol. The molecule has 1 amide bonds. The molecule has 0 aromatic heterocycles. The van der Waals surface area contributed by atoms with Crippen molar-refractivity contribution in [2.45, 2.75) is 76.4 Å². The van der Waals surface area contributed by atoms with Crippen LogP contribution < -0.4 is 5.32 Å². The van der Waals surface area contributed by atoms with E-state index in [1.165, 1.54) is 6.92 Å². The van der Waals surface area contributed by atoms with E-state index in [0.717, 1.165) is 25.7 Å². The zero-order valence-electron chi connectivity index (χ0n) is 12.3. The Kier molecular flexibility index (Phi) is 7.43. The molecule has 1 fully saturated rings. The standard InChI is InChI=1S/C14H27NO5/c1-3-4-5-6-7-10-12(15-9(2)17)14(19)13(18)11(8-16)20-10/h10-14,16,18-19H,3-8H2,1-2H3,(H,15,17)/t10-,11+,12+,13+,14+/m0/s1. The van der Waals surface area contributed by atoms with E-state index in [0.29, 0.717) is 6.42 Å². The maximum absolute atomic E-state index is 11.2. The second kappa shape index (κ2) is 8.56. The Morgan fingerprint density at radius 3 is 2.40 bits per heavy atom. The first-order valence-corrected chi connectivity index (χ1v) is 7.40. The van der Waals surface area contributed by atoms with Crippen molar-refractivity contribution in [1.82, 2.24) is 5.32 Å². The number of ether oxygens (including phenoxy) is 1. The number of unbranched alkanes of at least 4 members (excludes halogenated alkanes) is 3. The molecule has 1 aliphatic rings. The lowest BCUT2D eigenvalue weighted by atomic mass is 9.90. The normalized spacial score (nSPS) is 34.0. The smallest absolute Gasteiger partial charge is 0.217 e. The minimum absolute atomic E-state index is 0.272. The molecule has 4 N–H and O–H groups in total. The Balaban J connectivity index is 2.65. The van der Waals surface area contributed by atoms with Crippen molar-refractivity contribution >= 4 is 5.91 Å². The lowest BCUT2D eigenvalue weighted by Gasteiger charge is -2.42. The molecule has 0 unspecified atom stereocenters. The van der Waals surface area contributed by atoms with Crippen LogP contribution in [0, 0.1) is 0 Å². The Bertz CT molecular complexity index is 299. The highest BCUT2D eigenvalue weighted by Gasteiger charge is 2.44. The summed E-state index contributed by atoms with van der Waals surface area (Å²) in [6.07, 6.45) is 1.43. The van der Waals surface area contributed by atoms with Crippen LogP contribution in [-0.2, 0) is 9.53 Å². The number of carbonyl (C=O) groups excluding carboxylic acids is 1. The van der Waals surface area contributed by atoms with Gasteiger partial charge in [0.1, 0.15) is 18.3 Å². The van der Waals surface area contributed by atoms with Gasteiger partial charge < -0.3 is 25.4 Å². The van der Waals surface area contributed by atoms with Crippen molar-refractivity contribution in [3.05, 3.63) is 0 Å². The van der Waals surface area contributed by atoms with Gasteiger partial charge in [-0.25, -0.2) is 0 Å². The number of amides is 1. The van der Waals surface area contributed by atoms with Crippen molar-refractivity contribution in [1.29, 1.82) is 0 Å². The first-order chi connectivity index (χ1) is 9.51.